The van der Waals surface area contributed by atoms with Crippen molar-refractivity contribution in [1.29, 1.82) is 0 Å². The Morgan fingerprint density at radius 1 is 1.26 bits per heavy atom. The third kappa shape index (κ3) is 3.69. The quantitative estimate of drug-likeness (QED) is 0.790. The van der Waals surface area contributed by atoms with Gasteiger partial charge in [0.15, 0.2) is 0 Å². The van der Waals surface area contributed by atoms with Gasteiger partial charge in [-0.2, -0.15) is 0 Å². The Hall–Kier alpha value is -0.610. The number of likely N-dealkylation sites (tertiary alicyclic amines) is 1. The molecule has 2 unspecified atom stereocenters. The Bertz CT molecular complexity index is 346. The molecule has 1 aliphatic carbocycles. The fraction of sp³-hybridized carbons (Fsp3) is 0.933. The second-order valence-corrected chi connectivity index (χ2v) is 7.70. The highest BCUT2D eigenvalue weighted by atomic mass is 16.1. The minimum atomic E-state index is -0.575. The molecule has 2 aliphatic rings. The molecular weight excluding hydrogens is 238 g/mol. The zero-order valence-electron chi connectivity index (χ0n) is 12.8. The van der Waals surface area contributed by atoms with Crippen molar-refractivity contribution in [2.75, 3.05) is 19.6 Å². The lowest BCUT2D eigenvalue weighted by atomic mass is 9.80. The molecule has 1 aliphatic heterocycles. The van der Waals surface area contributed by atoms with Crippen LogP contribution in [-0.2, 0) is 4.79 Å². The summed E-state index contributed by atoms with van der Waals surface area (Å²) in [6.07, 6.45) is 3.57. The summed E-state index contributed by atoms with van der Waals surface area (Å²) in [5, 5.41) is 3.43. The molecular formula is C15H29N3O. The first-order valence-corrected chi connectivity index (χ1v) is 7.51. The van der Waals surface area contributed by atoms with Gasteiger partial charge in [0.1, 0.15) is 5.54 Å². The summed E-state index contributed by atoms with van der Waals surface area (Å²) in [7, 11) is 0. The third-order valence-electron chi connectivity index (χ3n) is 4.68. The average Bonchev–Trinajstić information content (AvgIpc) is 2.92. The average molecular weight is 267 g/mol. The van der Waals surface area contributed by atoms with E-state index >= 15 is 0 Å². The molecule has 4 heteroatoms. The number of nitrogens with one attached hydrogen (secondary N) is 1. The molecule has 1 saturated carbocycles. The van der Waals surface area contributed by atoms with E-state index in [4.69, 9.17) is 5.73 Å². The van der Waals surface area contributed by atoms with Gasteiger partial charge in [-0.3, -0.25) is 10.1 Å². The summed E-state index contributed by atoms with van der Waals surface area (Å²) in [5.41, 5.74) is 5.39. The van der Waals surface area contributed by atoms with Gasteiger partial charge >= 0.3 is 0 Å². The van der Waals surface area contributed by atoms with Crippen LogP contribution >= 0.6 is 0 Å². The van der Waals surface area contributed by atoms with E-state index in [2.05, 4.69) is 31.0 Å². The zero-order valence-corrected chi connectivity index (χ0v) is 12.8. The number of rotatable bonds is 5. The Morgan fingerprint density at radius 3 is 2.32 bits per heavy atom. The van der Waals surface area contributed by atoms with Gasteiger partial charge in [-0.05, 0) is 44.1 Å². The smallest absolute Gasteiger partial charge is 0.238 e. The summed E-state index contributed by atoms with van der Waals surface area (Å²) >= 11 is 0. The van der Waals surface area contributed by atoms with E-state index < -0.39 is 5.54 Å². The number of hydrogen-bond donors (Lipinski definition) is 2. The predicted molar refractivity (Wildman–Crippen MR) is 77.8 cm³/mol. The van der Waals surface area contributed by atoms with Crippen LogP contribution in [0.1, 0.15) is 47.0 Å². The second kappa shape index (κ2) is 5.06. The maximum Gasteiger partial charge on any atom is 0.238 e. The normalized spacial score (nSPS) is 28.3. The highest BCUT2D eigenvalue weighted by Crippen LogP contribution is 2.34. The van der Waals surface area contributed by atoms with Crippen LogP contribution in [0.2, 0.25) is 0 Å². The van der Waals surface area contributed by atoms with Crippen molar-refractivity contribution in [3.8, 4) is 0 Å². The minimum Gasteiger partial charge on any atom is -0.368 e. The lowest BCUT2D eigenvalue weighted by Crippen LogP contribution is -2.60. The lowest BCUT2D eigenvalue weighted by molar-refractivity contribution is -0.124. The highest BCUT2D eigenvalue weighted by Gasteiger charge is 2.41. The van der Waals surface area contributed by atoms with Gasteiger partial charge in [0.2, 0.25) is 5.91 Å². The van der Waals surface area contributed by atoms with E-state index in [1.54, 1.807) is 0 Å². The monoisotopic (exact) mass is 267 g/mol. The molecule has 1 amide bonds. The minimum absolute atomic E-state index is 0.224. The number of hydrogen-bond acceptors (Lipinski definition) is 3. The zero-order chi connectivity index (χ0) is 14.3. The number of amides is 1. The molecule has 3 N–H and O–H groups in total. The Balaban J connectivity index is 1.93. The first kappa shape index (κ1) is 14.8. The fourth-order valence-corrected chi connectivity index (χ4v) is 3.00. The van der Waals surface area contributed by atoms with E-state index in [1.807, 2.05) is 6.92 Å². The van der Waals surface area contributed by atoms with Gasteiger partial charge in [-0.25, -0.2) is 0 Å². The molecule has 19 heavy (non-hydrogen) atoms. The van der Waals surface area contributed by atoms with E-state index in [1.165, 1.54) is 19.3 Å². The molecule has 0 spiro atoms. The van der Waals surface area contributed by atoms with Crippen molar-refractivity contribution < 1.29 is 4.79 Å². The molecule has 4 nitrogen and oxygen atoms in total. The van der Waals surface area contributed by atoms with Crippen LogP contribution in [0.5, 0.6) is 0 Å². The molecule has 0 aromatic rings. The van der Waals surface area contributed by atoms with E-state index in [0.29, 0.717) is 17.4 Å². The summed E-state index contributed by atoms with van der Waals surface area (Å²) in [5.74, 6) is 0.490. The number of nitrogens with two attached hydrogens (primary N) is 1. The van der Waals surface area contributed by atoms with Crippen LogP contribution in [0.25, 0.3) is 0 Å². The maximum atomic E-state index is 11.8. The van der Waals surface area contributed by atoms with Crippen molar-refractivity contribution >= 4 is 5.91 Å². The van der Waals surface area contributed by atoms with Crippen LogP contribution in [-0.4, -0.2) is 42.0 Å². The number of nitrogens with zero attached hydrogens (tertiary/aromatic N) is 1. The molecule has 1 heterocycles. The number of carbonyl (C=O) groups excluding carboxylic acids is 1. The first-order chi connectivity index (χ1) is 8.71. The van der Waals surface area contributed by atoms with Crippen LogP contribution in [0, 0.1) is 11.3 Å². The van der Waals surface area contributed by atoms with Crippen LogP contribution in [0.3, 0.4) is 0 Å². The summed E-state index contributed by atoms with van der Waals surface area (Å²) in [4.78, 5) is 14.2. The Labute approximate surface area is 117 Å². The topological polar surface area (TPSA) is 58.4 Å². The molecule has 0 aromatic heterocycles. The van der Waals surface area contributed by atoms with Crippen LogP contribution < -0.4 is 11.1 Å². The van der Waals surface area contributed by atoms with Crippen LogP contribution in [0.15, 0.2) is 0 Å². The summed E-state index contributed by atoms with van der Waals surface area (Å²) in [6.45, 7) is 11.8. The van der Waals surface area contributed by atoms with Crippen molar-refractivity contribution in [2.45, 2.75) is 58.5 Å². The van der Waals surface area contributed by atoms with Gasteiger partial charge in [0.05, 0.1) is 0 Å². The van der Waals surface area contributed by atoms with Crippen molar-refractivity contribution in [1.82, 2.24) is 10.2 Å². The standard InChI is InChI=1S/C15H29N3O/c1-14(2,3)11-7-8-18(9-11)10-15(4,13(16)19)17-12-5-6-12/h11-12,17H,5-10H2,1-4H3,(H2,16,19). The molecule has 0 radical (unpaired) electrons. The lowest BCUT2D eigenvalue weighted by Gasteiger charge is -2.33. The van der Waals surface area contributed by atoms with Crippen molar-refractivity contribution in [3.05, 3.63) is 0 Å². The molecule has 110 valence electrons. The summed E-state index contributed by atoms with van der Waals surface area (Å²) < 4.78 is 0. The number of carbonyl (C=O) groups is 1. The number of primary amides is 1. The molecule has 2 rings (SSSR count). The third-order valence-corrected chi connectivity index (χ3v) is 4.68. The fourth-order valence-electron chi connectivity index (χ4n) is 3.00. The SMILES string of the molecule is CC(CN1CCC(C(C)(C)C)C1)(NC1CC1)C(N)=O. The first-order valence-electron chi connectivity index (χ1n) is 7.51. The molecule has 0 bridgehead atoms. The molecule has 2 atom stereocenters. The predicted octanol–water partition coefficient (Wildman–Crippen LogP) is 1.35. The van der Waals surface area contributed by atoms with E-state index in [-0.39, 0.29) is 5.91 Å². The summed E-state index contributed by atoms with van der Waals surface area (Å²) in [6, 6.07) is 0.499. The van der Waals surface area contributed by atoms with E-state index in [0.717, 1.165) is 19.6 Å². The maximum absolute atomic E-state index is 11.8. The largest absolute Gasteiger partial charge is 0.368 e. The Kier molecular flexibility index (Phi) is 3.94. The van der Waals surface area contributed by atoms with Crippen LogP contribution in [0.4, 0.5) is 0 Å². The van der Waals surface area contributed by atoms with Gasteiger partial charge in [-0.15, -0.1) is 0 Å². The molecule has 0 aromatic carbocycles. The van der Waals surface area contributed by atoms with Gasteiger partial charge in [0.25, 0.3) is 0 Å². The van der Waals surface area contributed by atoms with Gasteiger partial charge < -0.3 is 10.6 Å². The second-order valence-electron chi connectivity index (χ2n) is 7.70. The van der Waals surface area contributed by atoms with Crippen molar-refractivity contribution in [2.24, 2.45) is 17.1 Å². The molecule has 2 fully saturated rings. The highest BCUT2D eigenvalue weighted by molar-refractivity contribution is 5.84. The Morgan fingerprint density at radius 2 is 1.89 bits per heavy atom. The van der Waals surface area contributed by atoms with Crippen molar-refractivity contribution in [3.63, 3.8) is 0 Å². The molecule has 1 saturated heterocycles. The van der Waals surface area contributed by atoms with Gasteiger partial charge in [-0.1, -0.05) is 20.8 Å². The van der Waals surface area contributed by atoms with Gasteiger partial charge in [0, 0.05) is 19.1 Å². The van der Waals surface area contributed by atoms with E-state index in [9.17, 15) is 4.79 Å².